The van der Waals surface area contributed by atoms with Crippen LogP contribution in [-0.2, 0) is 13.0 Å². The van der Waals surface area contributed by atoms with Crippen molar-refractivity contribution in [2.75, 3.05) is 0 Å². The minimum absolute atomic E-state index is 0.439. The summed E-state index contributed by atoms with van der Waals surface area (Å²) in [6.45, 7) is 5.06. The van der Waals surface area contributed by atoms with Crippen LogP contribution in [0.3, 0.4) is 0 Å². The first-order valence-electron chi connectivity index (χ1n) is 6.46. The summed E-state index contributed by atoms with van der Waals surface area (Å²) in [4.78, 5) is 5.82. The summed E-state index contributed by atoms with van der Waals surface area (Å²) < 4.78 is 5.52. The van der Waals surface area contributed by atoms with E-state index in [-0.39, 0.29) is 0 Å². The van der Waals surface area contributed by atoms with Crippen molar-refractivity contribution in [2.45, 2.75) is 45.7 Å². The predicted molar refractivity (Wildman–Crippen MR) is 72.8 cm³/mol. The summed E-state index contributed by atoms with van der Waals surface area (Å²) in [5, 5.41) is 4.79. The van der Waals surface area contributed by atoms with Crippen molar-refractivity contribution >= 4 is 11.3 Å². The highest BCUT2D eigenvalue weighted by molar-refractivity contribution is 7.11. The van der Waals surface area contributed by atoms with Gasteiger partial charge in [-0.05, 0) is 32.8 Å². The lowest BCUT2D eigenvalue weighted by Gasteiger charge is -2.22. The largest absolute Gasteiger partial charge is 0.469 e. The molecule has 1 N–H and O–H groups in total. The van der Waals surface area contributed by atoms with E-state index >= 15 is 0 Å². The molecule has 0 bridgehead atoms. The van der Waals surface area contributed by atoms with E-state index in [0.29, 0.717) is 6.04 Å². The fraction of sp³-hybridized carbons (Fsp3) is 0.500. The van der Waals surface area contributed by atoms with E-state index in [4.69, 9.17) is 4.42 Å². The van der Waals surface area contributed by atoms with Crippen LogP contribution in [0.4, 0.5) is 0 Å². The summed E-state index contributed by atoms with van der Waals surface area (Å²) in [7, 11) is 0. The predicted octanol–water partition coefficient (Wildman–Crippen LogP) is 3.52. The van der Waals surface area contributed by atoms with Crippen LogP contribution in [0, 0.1) is 13.8 Å². The summed E-state index contributed by atoms with van der Waals surface area (Å²) in [5.41, 5.74) is 2.51. The van der Waals surface area contributed by atoms with E-state index in [9.17, 15) is 0 Å². The fourth-order valence-corrected chi connectivity index (χ4v) is 3.54. The molecule has 0 radical (unpaired) electrons. The van der Waals surface area contributed by atoms with Gasteiger partial charge in [0.15, 0.2) is 0 Å². The Labute approximate surface area is 111 Å². The van der Waals surface area contributed by atoms with Gasteiger partial charge in [-0.2, -0.15) is 0 Å². The molecule has 2 heterocycles. The van der Waals surface area contributed by atoms with Gasteiger partial charge in [-0.15, -0.1) is 11.3 Å². The fourth-order valence-electron chi connectivity index (χ4n) is 2.65. The molecule has 96 valence electrons. The number of nitrogens with zero attached hydrogens (tertiary/aromatic N) is 1. The summed E-state index contributed by atoms with van der Waals surface area (Å²) in [5.74, 6) is 1.16. The maximum Gasteiger partial charge on any atom is 0.108 e. The zero-order chi connectivity index (χ0) is 12.5. The van der Waals surface area contributed by atoms with Crippen molar-refractivity contribution in [2.24, 2.45) is 0 Å². The molecule has 3 nitrogen and oxygen atoms in total. The Balaban J connectivity index is 1.70. The Morgan fingerprint density at radius 2 is 2.39 bits per heavy atom. The van der Waals surface area contributed by atoms with Gasteiger partial charge in [0.2, 0.25) is 0 Å². The second kappa shape index (κ2) is 4.86. The zero-order valence-electron chi connectivity index (χ0n) is 10.8. The molecule has 1 atom stereocenters. The monoisotopic (exact) mass is 262 g/mol. The molecule has 0 saturated heterocycles. The lowest BCUT2D eigenvalue weighted by Crippen LogP contribution is -2.23. The standard InChI is InChI=1S/C14H18N2OS/c1-9-14(18-10(2)16-9)8-15-12-4-3-5-13-11(12)6-7-17-13/h6-7,12,15H,3-5,8H2,1-2H3. The number of aromatic nitrogens is 1. The van der Waals surface area contributed by atoms with E-state index in [1.54, 1.807) is 11.3 Å². The van der Waals surface area contributed by atoms with Gasteiger partial charge in [0, 0.05) is 29.4 Å². The van der Waals surface area contributed by atoms with Gasteiger partial charge in [-0.1, -0.05) is 0 Å². The Bertz CT molecular complexity index is 544. The second-order valence-corrected chi connectivity index (χ2v) is 6.15. The number of nitrogens with one attached hydrogen (secondary N) is 1. The van der Waals surface area contributed by atoms with E-state index in [0.717, 1.165) is 29.4 Å². The molecule has 4 heteroatoms. The first-order chi connectivity index (χ1) is 8.74. The molecular formula is C14H18N2OS. The van der Waals surface area contributed by atoms with Crippen LogP contribution in [0.1, 0.15) is 45.8 Å². The van der Waals surface area contributed by atoms with Gasteiger partial charge >= 0.3 is 0 Å². The van der Waals surface area contributed by atoms with E-state index < -0.39 is 0 Å². The van der Waals surface area contributed by atoms with E-state index in [1.807, 2.05) is 6.26 Å². The third kappa shape index (κ3) is 2.22. The van der Waals surface area contributed by atoms with Crippen molar-refractivity contribution in [1.82, 2.24) is 10.3 Å². The molecule has 18 heavy (non-hydrogen) atoms. The van der Waals surface area contributed by atoms with Gasteiger partial charge in [0.1, 0.15) is 5.76 Å². The number of aryl methyl sites for hydroxylation is 3. The summed E-state index contributed by atoms with van der Waals surface area (Å²) >= 11 is 1.79. The Kier molecular flexibility index (Phi) is 3.22. The molecule has 0 fully saturated rings. The maximum atomic E-state index is 5.52. The lowest BCUT2D eigenvalue weighted by atomic mass is 9.93. The van der Waals surface area contributed by atoms with Crippen LogP contribution < -0.4 is 5.32 Å². The van der Waals surface area contributed by atoms with Crippen LogP contribution in [0.5, 0.6) is 0 Å². The molecule has 0 spiro atoms. The number of rotatable bonds is 3. The van der Waals surface area contributed by atoms with Crippen molar-refractivity contribution in [3.8, 4) is 0 Å². The number of fused-ring (bicyclic) bond motifs is 1. The third-order valence-corrected chi connectivity index (χ3v) is 4.63. The molecule has 2 aromatic rings. The zero-order valence-corrected chi connectivity index (χ0v) is 11.6. The van der Waals surface area contributed by atoms with Gasteiger partial charge in [0.05, 0.1) is 17.0 Å². The molecule has 0 saturated carbocycles. The molecule has 2 aromatic heterocycles. The lowest BCUT2D eigenvalue weighted by molar-refractivity contribution is 0.411. The van der Waals surface area contributed by atoms with Crippen molar-refractivity contribution in [3.05, 3.63) is 39.2 Å². The van der Waals surface area contributed by atoms with Gasteiger partial charge < -0.3 is 9.73 Å². The Morgan fingerprint density at radius 3 is 3.17 bits per heavy atom. The molecule has 3 rings (SSSR count). The molecular weight excluding hydrogens is 244 g/mol. The quantitative estimate of drug-likeness (QED) is 0.919. The number of hydrogen-bond acceptors (Lipinski definition) is 4. The van der Waals surface area contributed by atoms with E-state index in [2.05, 4.69) is 30.2 Å². The SMILES string of the molecule is Cc1nc(C)c(CNC2CCCc3occc32)s1. The van der Waals surface area contributed by atoms with Gasteiger partial charge in [-0.25, -0.2) is 4.98 Å². The minimum atomic E-state index is 0.439. The highest BCUT2D eigenvalue weighted by Crippen LogP contribution is 2.31. The highest BCUT2D eigenvalue weighted by Gasteiger charge is 2.22. The molecule has 1 aliphatic rings. The van der Waals surface area contributed by atoms with Crippen LogP contribution in [0.2, 0.25) is 0 Å². The van der Waals surface area contributed by atoms with Crippen LogP contribution in [0.25, 0.3) is 0 Å². The number of furan rings is 1. The normalized spacial score (nSPS) is 18.9. The van der Waals surface area contributed by atoms with Crippen LogP contribution in [-0.4, -0.2) is 4.98 Å². The van der Waals surface area contributed by atoms with Crippen molar-refractivity contribution < 1.29 is 4.42 Å². The summed E-state index contributed by atoms with van der Waals surface area (Å²) in [6.07, 6.45) is 5.30. The number of hydrogen-bond donors (Lipinski definition) is 1. The average Bonchev–Trinajstić information content (AvgIpc) is 2.93. The molecule has 1 aliphatic carbocycles. The molecule has 0 aromatic carbocycles. The van der Waals surface area contributed by atoms with E-state index in [1.165, 1.54) is 23.3 Å². The van der Waals surface area contributed by atoms with Crippen LogP contribution in [0.15, 0.2) is 16.7 Å². The second-order valence-electron chi connectivity index (χ2n) is 4.87. The Morgan fingerprint density at radius 1 is 1.50 bits per heavy atom. The molecule has 0 aliphatic heterocycles. The number of thiazole rings is 1. The maximum absolute atomic E-state index is 5.52. The third-order valence-electron chi connectivity index (χ3n) is 3.56. The smallest absolute Gasteiger partial charge is 0.108 e. The minimum Gasteiger partial charge on any atom is -0.469 e. The van der Waals surface area contributed by atoms with Crippen molar-refractivity contribution in [3.63, 3.8) is 0 Å². The van der Waals surface area contributed by atoms with Gasteiger partial charge in [-0.3, -0.25) is 0 Å². The van der Waals surface area contributed by atoms with Gasteiger partial charge in [0.25, 0.3) is 0 Å². The van der Waals surface area contributed by atoms with Crippen molar-refractivity contribution in [1.29, 1.82) is 0 Å². The highest BCUT2D eigenvalue weighted by atomic mass is 32.1. The molecule has 0 amide bonds. The molecule has 1 unspecified atom stereocenters. The first kappa shape index (κ1) is 11.9. The topological polar surface area (TPSA) is 38.1 Å². The Hall–Kier alpha value is -1.13. The average molecular weight is 262 g/mol. The van der Waals surface area contributed by atoms with Crippen LogP contribution >= 0.6 is 11.3 Å². The first-order valence-corrected chi connectivity index (χ1v) is 7.28. The summed E-state index contributed by atoms with van der Waals surface area (Å²) in [6, 6.07) is 2.55.